The maximum atomic E-state index is 5.99. The minimum Gasteiger partial charge on any atom is -0.493 e. The van der Waals surface area contributed by atoms with Gasteiger partial charge in [0.05, 0.1) is 6.61 Å². The maximum absolute atomic E-state index is 5.99. The Balaban J connectivity index is 1.50. The van der Waals surface area contributed by atoms with Crippen LogP contribution >= 0.6 is 15.9 Å². The third kappa shape index (κ3) is 2.44. The largest absolute Gasteiger partial charge is 0.493 e. The van der Waals surface area contributed by atoms with Gasteiger partial charge in [0.2, 0.25) is 0 Å². The van der Waals surface area contributed by atoms with E-state index in [1.807, 2.05) is 0 Å². The van der Waals surface area contributed by atoms with Crippen molar-refractivity contribution in [2.75, 3.05) is 6.61 Å². The van der Waals surface area contributed by atoms with Gasteiger partial charge in [-0.15, -0.1) is 0 Å². The monoisotopic (exact) mass is 338 g/mol. The average molecular weight is 339 g/mol. The smallest absolute Gasteiger partial charge is 0.119 e. The van der Waals surface area contributed by atoms with Crippen LogP contribution in [0.1, 0.15) is 17.0 Å². The number of hydrogen-bond donors (Lipinski definition) is 0. The highest BCUT2D eigenvalue weighted by Gasteiger charge is 2.25. The molecule has 4 rings (SSSR count). The molecule has 0 amide bonds. The first-order valence-corrected chi connectivity index (χ1v) is 7.99. The zero-order valence-electron chi connectivity index (χ0n) is 11.6. The van der Waals surface area contributed by atoms with Crippen molar-refractivity contribution < 1.29 is 4.74 Å². The fourth-order valence-electron chi connectivity index (χ4n) is 2.99. The lowest BCUT2D eigenvalue weighted by molar-refractivity contribution is 0.275. The molecule has 1 nitrogen and oxygen atoms in total. The van der Waals surface area contributed by atoms with Crippen LogP contribution in [0.25, 0.3) is 10.8 Å². The molecule has 0 radical (unpaired) electrons. The molecule has 3 aromatic carbocycles. The van der Waals surface area contributed by atoms with Gasteiger partial charge in [-0.05, 0) is 52.6 Å². The van der Waals surface area contributed by atoms with Crippen LogP contribution in [0.2, 0.25) is 0 Å². The quantitative estimate of drug-likeness (QED) is 0.627. The van der Waals surface area contributed by atoms with Crippen LogP contribution in [0, 0.1) is 0 Å². The van der Waals surface area contributed by atoms with E-state index in [9.17, 15) is 0 Å². The summed E-state index contributed by atoms with van der Waals surface area (Å²) in [6, 6.07) is 21.2. The molecule has 2 heteroatoms. The maximum Gasteiger partial charge on any atom is 0.119 e. The molecule has 1 unspecified atom stereocenters. The lowest BCUT2D eigenvalue weighted by atomic mass is 9.78. The first-order valence-electron chi connectivity index (χ1n) is 7.19. The van der Waals surface area contributed by atoms with Crippen molar-refractivity contribution in [3.8, 4) is 5.75 Å². The van der Waals surface area contributed by atoms with Crippen LogP contribution in [0.4, 0.5) is 0 Å². The van der Waals surface area contributed by atoms with Gasteiger partial charge in [-0.2, -0.15) is 0 Å². The Kier molecular flexibility index (Phi) is 3.19. The Labute approximate surface area is 132 Å². The molecule has 1 atom stereocenters. The second kappa shape index (κ2) is 5.19. The molecule has 0 bridgehead atoms. The topological polar surface area (TPSA) is 9.23 Å². The predicted molar refractivity (Wildman–Crippen MR) is 90.0 cm³/mol. The number of fused-ring (bicyclic) bond motifs is 2. The van der Waals surface area contributed by atoms with Crippen LogP contribution in [-0.4, -0.2) is 6.61 Å². The number of benzene rings is 3. The van der Waals surface area contributed by atoms with Crippen molar-refractivity contribution in [2.45, 2.75) is 12.3 Å². The minimum atomic E-state index is 0.543. The van der Waals surface area contributed by atoms with Crippen LogP contribution < -0.4 is 4.74 Å². The summed E-state index contributed by atoms with van der Waals surface area (Å²) in [4.78, 5) is 0. The summed E-state index contributed by atoms with van der Waals surface area (Å²) in [6.45, 7) is 0.763. The third-order valence-corrected chi connectivity index (χ3v) is 4.68. The zero-order chi connectivity index (χ0) is 14.2. The summed E-state index contributed by atoms with van der Waals surface area (Å²) in [5.41, 5.74) is 2.91. The van der Waals surface area contributed by atoms with Gasteiger partial charge in [0, 0.05) is 10.4 Å². The summed E-state index contributed by atoms with van der Waals surface area (Å²) in [5.74, 6) is 1.50. The second-order valence-electron chi connectivity index (χ2n) is 5.56. The van der Waals surface area contributed by atoms with Crippen molar-refractivity contribution in [2.24, 2.45) is 0 Å². The summed E-state index contributed by atoms with van der Waals surface area (Å²) in [6.07, 6.45) is 1.14. The lowest BCUT2D eigenvalue weighted by Gasteiger charge is -2.29. The third-order valence-electron chi connectivity index (χ3n) is 4.19. The molecular weight excluding hydrogens is 324 g/mol. The number of rotatable bonds is 3. The Hall–Kier alpha value is -1.80. The molecule has 104 valence electrons. The van der Waals surface area contributed by atoms with Gasteiger partial charge in [-0.25, -0.2) is 0 Å². The Morgan fingerprint density at radius 3 is 2.67 bits per heavy atom. The zero-order valence-corrected chi connectivity index (χ0v) is 13.1. The van der Waals surface area contributed by atoms with E-state index in [1.165, 1.54) is 21.9 Å². The molecule has 0 aromatic heterocycles. The second-order valence-corrected chi connectivity index (χ2v) is 6.48. The Morgan fingerprint density at radius 1 is 0.952 bits per heavy atom. The van der Waals surface area contributed by atoms with Crippen LogP contribution in [0.5, 0.6) is 5.75 Å². The molecule has 0 saturated carbocycles. The highest BCUT2D eigenvalue weighted by Crippen LogP contribution is 2.35. The molecule has 0 fully saturated rings. The number of halogens is 1. The fourth-order valence-corrected chi connectivity index (χ4v) is 3.37. The summed E-state index contributed by atoms with van der Waals surface area (Å²) in [5, 5.41) is 2.44. The van der Waals surface area contributed by atoms with Gasteiger partial charge in [0.1, 0.15) is 5.75 Å². The summed E-state index contributed by atoms with van der Waals surface area (Å²) >= 11 is 3.50. The normalized spacial score (nSPS) is 16.3. The highest BCUT2D eigenvalue weighted by molar-refractivity contribution is 9.10. The molecule has 0 aliphatic heterocycles. The van der Waals surface area contributed by atoms with Crippen LogP contribution in [0.3, 0.4) is 0 Å². The van der Waals surface area contributed by atoms with Gasteiger partial charge >= 0.3 is 0 Å². The molecule has 0 heterocycles. The van der Waals surface area contributed by atoms with Crippen molar-refractivity contribution >= 4 is 26.7 Å². The molecule has 1 aliphatic carbocycles. The van der Waals surface area contributed by atoms with Gasteiger partial charge in [0.15, 0.2) is 0 Å². The summed E-state index contributed by atoms with van der Waals surface area (Å²) < 4.78 is 7.10. The predicted octanol–water partition coefficient (Wildman–Crippen LogP) is 5.32. The van der Waals surface area contributed by atoms with Gasteiger partial charge < -0.3 is 4.74 Å². The van der Waals surface area contributed by atoms with Gasteiger partial charge in [-0.1, -0.05) is 52.3 Å². The van der Waals surface area contributed by atoms with E-state index in [0.29, 0.717) is 5.92 Å². The first kappa shape index (κ1) is 12.9. The van der Waals surface area contributed by atoms with Gasteiger partial charge in [0.25, 0.3) is 0 Å². The van der Waals surface area contributed by atoms with E-state index in [1.54, 1.807) is 0 Å². The SMILES string of the molecule is Brc1ccc2cc(OCC3Cc4ccccc43)ccc2c1. The summed E-state index contributed by atoms with van der Waals surface area (Å²) in [7, 11) is 0. The standard InChI is InChI=1S/C19H15BrO/c20-17-7-5-14-11-18(8-6-13(14)10-17)21-12-16-9-15-3-1-2-4-19(15)16/h1-8,10-11,16H,9,12H2. The number of ether oxygens (including phenoxy) is 1. The van der Waals surface area contributed by atoms with Gasteiger partial charge in [-0.3, -0.25) is 0 Å². The molecular formula is C19H15BrO. The number of hydrogen-bond acceptors (Lipinski definition) is 1. The molecule has 0 saturated heterocycles. The van der Waals surface area contributed by atoms with E-state index in [2.05, 4.69) is 76.6 Å². The van der Waals surface area contributed by atoms with Crippen molar-refractivity contribution in [1.29, 1.82) is 0 Å². The van der Waals surface area contributed by atoms with E-state index in [4.69, 9.17) is 4.74 Å². The van der Waals surface area contributed by atoms with E-state index < -0.39 is 0 Å². The molecule has 21 heavy (non-hydrogen) atoms. The molecule has 0 N–H and O–H groups in total. The van der Waals surface area contributed by atoms with Crippen molar-refractivity contribution in [3.05, 3.63) is 76.3 Å². The first-order chi connectivity index (χ1) is 10.3. The Bertz CT molecular complexity index is 810. The molecule has 0 spiro atoms. The highest BCUT2D eigenvalue weighted by atomic mass is 79.9. The average Bonchev–Trinajstić information content (AvgIpc) is 2.48. The van der Waals surface area contributed by atoms with Crippen molar-refractivity contribution in [1.82, 2.24) is 0 Å². The van der Waals surface area contributed by atoms with E-state index >= 15 is 0 Å². The fraction of sp³-hybridized carbons (Fsp3) is 0.158. The van der Waals surface area contributed by atoms with E-state index in [-0.39, 0.29) is 0 Å². The van der Waals surface area contributed by atoms with Crippen LogP contribution in [-0.2, 0) is 6.42 Å². The van der Waals surface area contributed by atoms with Crippen LogP contribution in [0.15, 0.2) is 65.1 Å². The van der Waals surface area contributed by atoms with Crippen molar-refractivity contribution in [3.63, 3.8) is 0 Å². The molecule has 3 aromatic rings. The lowest BCUT2D eigenvalue weighted by Crippen LogP contribution is -2.23. The van der Waals surface area contributed by atoms with E-state index in [0.717, 1.165) is 23.2 Å². The minimum absolute atomic E-state index is 0.543. The Morgan fingerprint density at radius 2 is 1.76 bits per heavy atom. The molecule has 1 aliphatic rings.